The van der Waals surface area contributed by atoms with E-state index in [9.17, 15) is 0 Å². The Balaban J connectivity index is 1.77. The second-order valence-corrected chi connectivity index (χ2v) is 5.53. The number of nitrogens with zero attached hydrogens (tertiary/aromatic N) is 2. The van der Waals surface area contributed by atoms with Gasteiger partial charge in [-0.05, 0) is 17.7 Å². The van der Waals surface area contributed by atoms with Gasteiger partial charge in [0.05, 0.1) is 26.0 Å². The zero-order valence-electron chi connectivity index (χ0n) is 13.4. The molecule has 1 heterocycles. The Labute approximate surface area is 127 Å². The summed E-state index contributed by atoms with van der Waals surface area (Å²) in [6.07, 6.45) is 0. The van der Waals surface area contributed by atoms with E-state index in [1.54, 1.807) is 7.11 Å². The third-order valence-electron chi connectivity index (χ3n) is 3.76. The van der Waals surface area contributed by atoms with Crippen LogP contribution in [0.1, 0.15) is 5.56 Å². The number of hydrogen-bond donors (Lipinski definition) is 1. The average Bonchev–Trinajstić information content (AvgIpc) is 2.52. The zero-order chi connectivity index (χ0) is 15.1. The minimum Gasteiger partial charge on any atom is -0.495 e. The highest BCUT2D eigenvalue weighted by atomic mass is 16.5. The molecule has 118 valence electrons. The molecule has 0 spiro atoms. The van der Waals surface area contributed by atoms with Gasteiger partial charge in [-0.3, -0.25) is 4.90 Å². The van der Waals surface area contributed by atoms with Crippen molar-refractivity contribution in [2.75, 3.05) is 65.5 Å². The first-order chi connectivity index (χ1) is 10.2. The molecule has 0 amide bonds. The van der Waals surface area contributed by atoms with E-state index in [2.05, 4.69) is 33.3 Å². The lowest BCUT2D eigenvalue weighted by Gasteiger charge is -2.26. The van der Waals surface area contributed by atoms with Crippen LogP contribution in [0.5, 0.6) is 5.75 Å². The van der Waals surface area contributed by atoms with E-state index in [1.165, 1.54) is 5.56 Å². The lowest BCUT2D eigenvalue weighted by Crippen LogP contribution is -2.40. The molecule has 5 nitrogen and oxygen atoms in total. The van der Waals surface area contributed by atoms with Gasteiger partial charge in [0.25, 0.3) is 0 Å². The third kappa shape index (κ3) is 4.88. The van der Waals surface area contributed by atoms with Gasteiger partial charge in [0.1, 0.15) is 5.75 Å². The standard InChI is InChI=1S/C16H27N3O2/c1-18(2)15-5-4-14(12-16(15)20-3)13-17-6-7-19-8-10-21-11-9-19/h4-5,12,17H,6-11,13H2,1-3H3. The molecular weight excluding hydrogens is 266 g/mol. The second-order valence-electron chi connectivity index (χ2n) is 5.53. The molecule has 2 rings (SSSR count). The quantitative estimate of drug-likeness (QED) is 0.764. The number of hydrogen-bond acceptors (Lipinski definition) is 5. The molecule has 21 heavy (non-hydrogen) atoms. The van der Waals surface area contributed by atoms with Crippen molar-refractivity contribution in [3.05, 3.63) is 23.8 Å². The second kappa shape index (κ2) is 8.22. The molecule has 0 radical (unpaired) electrons. The van der Waals surface area contributed by atoms with Crippen LogP contribution in [-0.4, -0.2) is 65.5 Å². The fraction of sp³-hybridized carbons (Fsp3) is 0.625. The fourth-order valence-electron chi connectivity index (χ4n) is 2.50. The SMILES string of the molecule is COc1cc(CNCCN2CCOCC2)ccc1N(C)C. The number of rotatable bonds is 7. The number of anilines is 1. The summed E-state index contributed by atoms with van der Waals surface area (Å²) in [6.45, 7) is 6.77. The van der Waals surface area contributed by atoms with Crippen LogP contribution in [0, 0.1) is 0 Å². The molecule has 1 aromatic carbocycles. The molecule has 1 aliphatic rings. The van der Waals surface area contributed by atoms with E-state index < -0.39 is 0 Å². The molecule has 0 bridgehead atoms. The van der Waals surface area contributed by atoms with E-state index in [0.717, 1.165) is 57.4 Å². The van der Waals surface area contributed by atoms with Crippen LogP contribution in [0.3, 0.4) is 0 Å². The van der Waals surface area contributed by atoms with Gasteiger partial charge in [-0.25, -0.2) is 0 Å². The van der Waals surface area contributed by atoms with Gasteiger partial charge in [0, 0.05) is 46.8 Å². The summed E-state index contributed by atoms with van der Waals surface area (Å²) in [7, 11) is 5.77. The number of benzene rings is 1. The number of morpholine rings is 1. The molecule has 1 saturated heterocycles. The van der Waals surface area contributed by atoms with Crippen molar-refractivity contribution in [3.63, 3.8) is 0 Å². The third-order valence-corrected chi connectivity index (χ3v) is 3.76. The Bertz CT molecular complexity index is 432. The van der Waals surface area contributed by atoms with Crippen molar-refractivity contribution in [3.8, 4) is 5.75 Å². The van der Waals surface area contributed by atoms with E-state index in [-0.39, 0.29) is 0 Å². The smallest absolute Gasteiger partial charge is 0.142 e. The van der Waals surface area contributed by atoms with E-state index in [0.29, 0.717) is 0 Å². The molecule has 0 aliphatic carbocycles. The van der Waals surface area contributed by atoms with E-state index in [1.807, 2.05) is 14.1 Å². The first kappa shape index (κ1) is 16.1. The highest BCUT2D eigenvalue weighted by Crippen LogP contribution is 2.27. The molecule has 5 heteroatoms. The van der Waals surface area contributed by atoms with Crippen LogP contribution >= 0.6 is 0 Å². The lowest BCUT2D eigenvalue weighted by molar-refractivity contribution is 0.0384. The van der Waals surface area contributed by atoms with Crippen molar-refractivity contribution >= 4 is 5.69 Å². The molecule has 1 N–H and O–H groups in total. The highest BCUT2D eigenvalue weighted by molar-refractivity contribution is 5.58. The first-order valence-corrected chi connectivity index (χ1v) is 7.56. The van der Waals surface area contributed by atoms with Crippen LogP contribution in [0.15, 0.2) is 18.2 Å². The van der Waals surface area contributed by atoms with Gasteiger partial charge < -0.3 is 19.7 Å². The Kier molecular flexibility index (Phi) is 6.29. The number of ether oxygens (including phenoxy) is 2. The summed E-state index contributed by atoms with van der Waals surface area (Å²) in [5.41, 5.74) is 2.36. The number of nitrogens with one attached hydrogen (secondary N) is 1. The first-order valence-electron chi connectivity index (χ1n) is 7.56. The molecule has 0 saturated carbocycles. The number of methoxy groups -OCH3 is 1. The summed E-state index contributed by atoms with van der Waals surface area (Å²) in [5.74, 6) is 0.924. The van der Waals surface area contributed by atoms with E-state index in [4.69, 9.17) is 9.47 Å². The summed E-state index contributed by atoms with van der Waals surface area (Å²) in [5, 5.41) is 3.50. The molecule has 0 aromatic heterocycles. The van der Waals surface area contributed by atoms with Crippen molar-refractivity contribution in [1.82, 2.24) is 10.2 Å². The van der Waals surface area contributed by atoms with Crippen LogP contribution in [0.2, 0.25) is 0 Å². The van der Waals surface area contributed by atoms with Crippen LogP contribution in [0.4, 0.5) is 5.69 Å². The summed E-state index contributed by atoms with van der Waals surface area (Å²) in [4.78, 5) is 4.50. The molecule has 0 atom stereocenters. The van der Waals surface area contributed by atoms with Crippen LogP contribution < -0.4 is 15.0 Å². The topological polar surface area (TPSA) is 37.0 Å². The Hall–Kier alpha value is -1.30. The Morgan fingerprint density at radius 1 is 1.29 bits per heavy atom. The van der Waals surface area contributed by atoms with Crippen molar-refractivity contribution in [2.45, 2.75) is 6.54 Å². The Morgan fingerprint density at radius 2 is 2.05 bits per heavy atom. The minimum atomic E-state index is 0.864. The maximum atomic E-state index is 5.46. The maximum absolute atomic E-state index is 5.46. The molecule has 0 unspecified atom stereocenters. The highest BCUT2D eigenvalue weighted by Gasteiger charge is 2.09. The van der Waals surface area contributed by atoms with Gasteiger partial charge in [0.2, 0.25) is 0 Å². The van der Waals surface area contributed by atoms with Crippen LogP contribution in [-0.2, 0) is 11.3 Å². The van der Waals surface area contributed by atoms with Crippen LogP contribution in [0.25, 0.3) is 0 Å². The largest absolute Gasteiger partial charge is 0.495 e. The van der Waals surface area contributed by atoms with Gasteiger partial charge >= 0.3 is 0 Å². The summed E-state index contributed by atoms with van der Waals surface area (Å²) >= 11 is 0. The zero-order valence-corrected chi connectivity index (χ0v) is 13.4. The van der Waals surface area contributed by atoms with Crippen molar-refractivity contribution < 1.29 is 9.47 Å². The van der Waals surface area contributed by atoms with Gasteiger partial charge in [-0.2, -0.15) is 0 Å². The fourth-order valence-corrected chi connectivity index (χ4v) is 2.50. The monoisotopic (exact) mass is 293 g/mol. The molecule has 1 fully saturated rings. The van der Waals surface area contributed by atoms with Crippen molar-refractivity contribution in [2.24, 2.45) is 0 Å². The van der Waals surface area contributed by atoms with E-state index >= 15 is 0 Å². The predicted molar refractivity (Wildman–Crippen MR) is 86.3 cm³/mol. The lowest BCUT2D eigenvalue weighted by atomic mass is 10.1. The van der Waals surface area contributed by atoms with Gasteiger partial charge in [0.15, 0.2) is 0 Å². The molecular formula is C16H27N3O2. The molecule has 1 aromatic rings. The summed E-state index contributed by atoms with van der Waals surface area (Å²) in [6, 6.07) is 6.37. The Morgan fingerprint density at radius 3 is 2.71 bits per heavy atom. The summed E-state index contributed by atoms with van der Waals surface area (Å²) < 4.78 is 10.8. The predicted octanol–water partition coefficient (Wildman–Crippen LogP) is 1.18. The van der Waals surface area contributed by atoms with Crippen molar-refractivity contribution in [1.29, 1.82) is 0 Å². The average molecular weight is 293 g/mol. The van der Waals surface area contributed by atoms with Gasteiger partial charge in [-0.15, -0.1) is 0 Å². The molecule has 1 aliphatic heterocycles. The normalized spacial score (nSPS) is 16.0. The van der Waals surface area contributed by atoms with Gasteiger partial charge in [-0.1, -0.05) is 6.07 Å². The maximum Gasteiger partial charge on any atom is 0.142 e. The minimum absolute atomic E-state index is 0.864.